The van der Waals surface area contributed by atoms with Gasteiger partial charge < -0.3 is 33.8 Å². The van der Waals surface area contributed by atoms with Gasteiger partial charge in [-0.05, 0) is 121 Å². The number of aromatic nitrogens is 2. The van der Waals surface area contributed by atoms with Crippen LogP contribution < -0.4 is 26.0 Å². The second-order valence-electron chi connectivity index (χ2n) is 22.0. The predicted molar refractivity (Wildman–Crippen MR) is 296 cm³/mol. The molecule has 4 aromatic carbocycles. The van der Waals surface area contributed by atoms with Crippen LogP contribution in [-0.2, 0) is 43.1 Å². The molecule has 0 aliphatic carbocycles. The van der Waals surface area contributed by atoms with Crippen molar-refractivity contribution in [2.24, 2.45) is 11.3 Å². The minimum Gasteiger partial charge on any atom is -0.480 e. The van der Waals surface area contributed by atoms with Crippen LogP contribution in [0.1, 0.15) is 103 Å². The maximum Gasteiger partial charge on any atom is 0.408 e. The van der Waals surface area contributed by atoms with E-state index in [2.05, 4.69) is 147 Å². The van der Waals surface area contributed by atoms with Crippen molar-refractivity contribution in [2.75, 3.05) is 38.3 Å². The summed E-state index contributed by atoms with van der Waals surface area (Å²) in [4.78, 5) is 47.1. The number of fused-ring (bicyclic) bond motifs is 1. The van der Waals surface area contributed by atoms with Crippen LogP contribution in [0.25, 0.3) is 22.2 Å². The van der Waals surface area contributed by atoms with Gasteiger partial charge in [0.2, 0.25) is 0 Å². The fourth-order valence-electron chi connectivity index (χ4n) is 11.3. The highest BCUT2D eigenvalue weighted by Crippen LogP contribution is 2.44. The number of anilines is 1. The van der Waals surface area contributed by atoms with Crippen molar-refractivity contribution >= 4 is 53.3 Å². The van der Waals surface area contributed by atoms with Crippen LogP contribution in [0.5, 0.6) is 0 Å². The molecule has 2 aliphatic rings. The molecule has 4 heterocycles. The van der Waals surface area contributed by atoms with E-state index in [1.807, 2.05) is 49.5 Å². The Morgan fingerprint density at radius 3 is 2.16 bits per heavy atom. The first-order chi connectivity index (χ1) is 35.5. The lowest BCUT2D eigenvalue weighted by molar-refractivity contribution is -0.147. The topological polar surface area (TPSA) is 147 Å². The van der Waals surface area contributed by atoms with E-state index in [-0.39, 0.29) is 35.0 Å². The molecule has 392 valence electrons. The standard InChI is InChI=1S/C60H76N6O7Si/c1-9-65-53-32-31-45(64-34-20-24-44(39-64)36-52(56(67)66-35-21-30-51(63-66)57(68)69)62-58(70)72-40-43-22-13-10-14-23-43)37-49(53)50(55(65)48-29-19-33-61-54(48)42(2)71-8)38-60(6,7)41-73-74(59(3,4)5,46-25-15-11-16-26-46)47-27-17-12-18-28-47/h10-19,22-23,25-29,31-33,37,42,44,51-52,63H,9,20-21,24,30,34-36,38-41H2,1-8H3,(H,62,70)(H,68,69)/t42-,44-,51-,52-/m0/s1. The van der Waals surface area contributed by atoms with Gasteiger partial charge in [-0.1, -0.05) is 126 Å². The van der Waals surface area contributed by atoms with Gasteiger partial charge in [0.1, 0.15) is 18.7 Å². The summed E-state index contributed by atoms with van der Waals surface area (Å²) >= 11 is 0. The molecule has 2 fully saturated rings. The summed E-state index contributed by atoms with van der Waals surface area (Å²) in [5.74, 6) is -1.36. The molecule has 0 saturated carbocycles. The highest BCUT2D eigenvalue weighted by molar-refractivity contribution is 6.99. The highest BCUT2D eigenvalue weighted by Gasteiger charge is 2.51. The van der Waals surface area contributed by atoms with Crippen molar-refractivity contribution in [2.45, 2.75) is 123 Å². The smallest absolute Gasteiger partial charge is 0.408 e. The summed E-state index contributed by atoms with van der Waals surface area (Å²) in [6.07, 6.45) is 4.67. The van der Waals surface area contributed by atoms with Crippen LogP contribution in [0.3, 0.4) is 0 Å². The van der Waals surface area contributed by atoms with Crippen molar-refractivity contribution in [1.29, 1.82) is 0 Å². The Bertz CT molecular complexity index is 2810. The lowest BCUT2D eigenvalue weighted by Gasteiger charge is -2.44. The molecule has 4 atom stereocenters. The Balaban J connectivity index is 1.13. The number of benzene rings is 4. The van der Waals surface area contributed by atoms with E-state index < -0.39 is 32.5 Å². The van der Waals surface area contributed by atoms with Gasteiger partial charge in [0.05, 0.1) is 17.5 Å². The molecule has 14 heteroatoms. The maximum atomic E-state index is 14.3. The van der Waals surface area contributed by atoms with Gasteiger partial charge in [-0.15, -0.1) is 0 Å². The molecular formula is C60H76N6O7Si. The molecule has 13 nitrogen and oxygen atoms in total. The largest absolute Gasteiger partial charge is 0.480 e. The number of nitrogens with one attached hydrogen (secondary N) is 2. The van der Waals surface area contributed by atoms with Crippen LogP contribution in [0.2, 0.25) is 5.04 Å². The Morgan fingerprint density at radius 2 is 1.53 bits per heavy atom. The number of carboxylic acid groups (broad SMARTS) is 1. The van der Waals surface area contributed by atoms with Gasteiger partial charge in [0, 0.05) is 68.2 Å². The number of piperidine rings is 1. The number of pyridine rings is 1. The van der Waals surface area contributed by atoms with E-state index in [1.54, 1.807) is 7.11 Å². The zero-order chi connectivity index (χ0) is 52.6. The van der Waals surface area contributed by atoms with Gasteiger partial charge >= 0.3 is 12.1 Å². The number of aryl methyl sites for hydroxylation is 1. The molecule has 3 N–H and O–H groups in total. The Kier molecular flexibility index (Phi) is 17.1. The Morgan fingerprint density at radius 1 is 0.865 bits per heavy atom. The van der Waals surface area contributed by atoms with Crippen LogP contribution in [0, 0.1) is 11.3 Å². The molecule has 8 rings (SSSR count). The number of hydrogen-bond acceptors (Lipinski definition) is 9. The van der Waals surface area contributed by atoms with E-state index in [1.165, 1.54) is 26.3 Å². The molecule has 0 unspecified atom stereocenters. The molecule has 2 amide bonds. The number of hydrogen-bond donors (Lipinski definition) is 3. The number of aliphatic carboxylic acids is 1. The molecular weight excluding hydrogens is 945 g/mol. The number of methoxy groups -OCH3 is 1. The number of carbonyl (C=O) groups excluding carboxylic acids is 2. The number of carbonyl (C=O) groups is 3. The third-order valence-corrected chi connectivity index (χ3v) is 20.0. The predicted octanol–water partition coefficient (Wildman–Crippen LogP) is 10.1. The van der Waals surface area contributed by atoms with Crippen molar-refractivity contribution in [3.05, 3.63) is 144 Å². The van der Waals surface area contributed by atoms with Gasteiger partial charge in [-0.3, -0.25) is 19.6 Å². The van der Waals surface area contributed by atoms with E-state index in [0.717, 1.165) is 66.1 Å². The van der Waals surface area contributed by atoms with Gasteiger partial charge in [-0.25, -0.2) is 10.2 Å². The molecule has 2 saturated heterocycles. The molecule has 0 bridgehead atoms. The molecule has 6 aromatic rings. The SMILES string of the molecule is CCn1c(-c2cccnc2[C@H](C)OC)c(CC(C)(C)CO[Si](c2ccccc2)(c2ccccc2)C(C)(C)C)c2cc(N3CCC[C@@H](C[C@H](NC(=O)OCc4ccccc4)C(=O)N4CCC[C@@H](C(=O)O)N4)C3)ccc21. The molecule has 2 aromatic heterocycles. The second-order valence-corrected chi connectivity index (χ2v) is 26.3. The number of ether oxygens (including phenoxy) is 2. The third-order valence-electron chi connectivity index (χ3n) is 15.1. The summed E-state index contributed by atoms with van der Waals surface area (Å²) in [6, 6.07) is 40.3. The van der Waals surface area contributed by atoms with Gasteiger partial charge in [-0.2, -0.15) is 0 Å². The minimum absolute atomic E-state index is 0.0317. The van der Waals surface area contributed by atoms with E-state index in [4.69, 9.17) is 18.9 Å². The number of rotatable bonds is 19. The minimum atomic E-state index is -2.86. The maximum absolute atomic E-state index is 14.3. The van der Waals surface area contributed by atoms with Gasteiger partial charge in [0.25, 0.3) is 14.2 Å². The zero-order valence-corrected chi connectivity index (χ0v) is 45.6. The fourth-order valence-corrected chi connectivity index (χ4v) is 16.1. The zero-order valence-electron chi connectivity index (χ0n) is 44.6. The summed E-state index contributed by atoms with van der Waals surface area (Å²) < 4.78 is 21.7. The Hall–Kier alpha value is -6.32. The highest BCUT2D eigenvalue weighted by atomic mass is 28.4. The van der Waals surface area contributed by atoms with Crippen LogP contribution >= 0.6 is 0 Å². The first kappa shape index (κ1) is 54.0. The van der Waals surface area contributed by atoms with Crippen molar-refractivity contribution in [1.82, 2.24) is 25.3 Å². The van der Waals surface area contributed by atoms with Crippen LogP contribution in [0.4, 0.5) is 10.5 Å². The number of amides is 2. The third kappa shape index (κ3) is 11.9. The summed E-state index contributed by atoms with van der Waals surface area (Å²) in [5, 5.41) is 17.6. The lowest BCUT2D eigenvalue weighted by Crippen LogP contribution is -2.67. The molecule has 2 aliphatic heterocycles. The number of nitrogens with zero attached hydrogens (tertiary/aromatic N) is 4. The monoisotopic (exact) mass is 1020 g/mol. The summed E-state index contributed by atoms with van der Waals surface area (Å²) in [5.41, 5.74) is 9.91. The first-order valence-electron chi connectivity index (χ1n) is 26.4. The van der Waals surface area contributed by atoms with E-state index in [0.29, 0.717) is 39.0 Å². The molecule has 74 heavy (non-hydrogen) atoms. The van der Waals surface area contributed by atoms with E-state index in [9.17, 15) is 19.5 Å². The van der Waals surface area contributed by atoms with Crippen molar-refractivity contribution < 1.29 is 33.4 Å². The lowest BCUT2D eigenvalue weighted by atomic mass is 9.84. The quantitative estimate of drug-likeness (QED) is 0.0670. The average molecular weight is 1020 g/mol. The fraction of sp³-hybridized carbons (Fsp3) is 0.433. The Labute approximate surface area is 438 Å². The summed E-state index contributed by atoms with van der Waals surface area (Å²) in [6.45, 7) is 19.0. The molecule has 0 radical (unpaired) electrons. The average Bonchev–Trinajstić information content (AvgIpc) is 3.72. The van der Waals surface area contributed by atoms with Crippen molar-refractivity contribution in [3.63, 3.8) is 0 Å². The first-order valence-corrected chi connectivity index (χ1v) is 28.3. The van der Waals surface area contributed by atoms with Crippen molar-refractivity contribution in [3.8, 4) is 11.3 Å². The number of alkyl carbamates (subject to hydrolysis) is 1. The van der Waals surface area contributed by atoms with E-state index >= 15 is 0 Å². The molecule has 0 spiro atoms. The number of carboxylic acids is 1. The van der Waals surface area contributed by atoms with Crippen LogP contribution in [-0.4, -0.2) is 91.4 Å². The van der Waals surface area contributed by atoms with Crippen LogP contribution in [0.15, 0.2) is 128 Å². The number of hydrazine groups is 1. The van der Waals surface area contributed by atoms with Gasteiger partial charge in [0.15, 0.2) is 0 Å². The second kappa shape index (κ2) is 23.5. The summed E-state index contributed by atoms with van der Waals surface area (Å²) in [7, 11) is -1.13. The normalized spacial score (nSPS) is 17.5.